The van der Waals surface area contributed by atoms with Crippen LogP contribution in [-0.4, -0.2) is 34.0 Å². The molecule has 2 aromatic carbocycles. The fourth-order valence-corrected chi connectivity index (χ4v) is 6.01. The van der Waals surface area contributed by atoms with Gasteiger partial charge in [-0.15, -0.1) is 0 Å². The number of para-hydroxylation sites is 1. The van der Waals surface area contributed by atoms with E-state index in [0.717, 1.165) is 12.8 Å². The Hall–Kier alpha value is -2.54. The lowest BCUT2D eigenvalue weighted by Gasteiger charge is -2.27. The van der Waals surface area contributed by atoms with Crippen LogP contribution in [-0.2, 0) is 14.8 Å². The number of carbonyl (C=O) groups excluding carboxylic acids is 1. The minimum Gasteiger partial charge on any atom is -0.497 e. The maximum absolute atomic E-state index is 13.3. The highest BCUT2D eigenvalue weighted by Crippen LogP contribution is 2.44. The van der Waals surface area contributed by atoms with Gasteiger partial charge in [0.25, 0.3) is 10.0 Å². The number of rotatable bonds is 7. The van der Waals surface area contributed by atoms with Crippen molar-refractivity contribution in [1.29, 1.82) is 0 Å². The van der Waals surface area contributed by atoms with Crippen LogP contribution in [0.25, 0.3) is 0 Å². The van der Waals surface area contributed by atoms with Gasteiger partial charge in [0.05, 0.1) is 17.7 Å². The highest BCUT2D eigenvalue weighted by molar-refractivity contribution is 7.92. The third kappa shape index (κ3) is 4.10. The van der Waals surface area contributed by atoms with Crippen LogP contribution in [0.15, 0.2) is 59.5 Å². The first-order valence-corrected chi connectivity index (χ1v) is 11.4. The summed E-state index contributed by atoms with van der Waals surface area (Å²) in [7, 11) is -2.37. The molecule has 3 unspecified atom stereocenters. The maximum atomic E-state index is 13.3. The highest BCUT2D eigenvalue weighted by Gasteiger charge is 2.40. The van der Waals surface area contributed by atoms with Crippen molar-refractivity contribution in [2.75, 3.05) is 18.0 Å². The normalized spacial score (nSPS) is 23.0. The summed E-state index contributed by atoms with van der Waals surface area (Å²) in [5, 5.41) is 3.09. The van der Waals surface area contributed by atoms with E-state index in [-0.39, 0.29) is 23.4 Å². The van der Waals surface area contributed by atoms with Crippen LogP contribution in [0.5, 0.6) is 5.75 Å². The molecule has 2 fully saturated rings. The lowest BCUT2D eigenvalue weighted by Crippen LogP contribution is -2.45. The second kappa shape index (κ2) is 8.06. The molecule has 154 valence electrons. The van der Waals surface area contributed by atoms with Gasteiger partial charge in [0.1, 0.15) is 12.3 Å². The summed E-state index contributed by atoms with van der Waals surface area (Å²) in [6.45, 7) is -0.244. The van der Waals surface area contributed by atoms with Gasteiger partial charge in [-0.05, 0) is 67.5 Å². The summed E-state index contributed by atoms with van der Waals surface area (Å²) in [4.78, 5) is 12.9. The molecule has 6 nitrogen and oxygen atoms in total. The van der Waals surface area contributed by atoms with Gasteiger partial charge >= 0.3 is 0 Å². The number of amides is 1. The molecule has 0 aromatic heterocycles. The third-order valence-corrected chi connectivity index (χ3v) is 7.85. The predicted octanol–water partition coefficient (Wildman–Crippen LogP) is 3.20. The minimum absolute atomic E-state index is 0.120. The molecule has 2 aliphatic carbocycles. The number of benzene rings is 2. The van der Waals surface area contributed by atoms with Crippen molar-refractivity contribution < 1.29 is 17.9 Å². The van der Waals surface area contributed by atoms with Crippen molar-refractivity contribution in [3.63, 3.8) is 0 Å². The molecule has 4 rings (SSSR count). The summed E-state index contributed by atoms with van der Waals surface area (Å²) in [6.07, 6.45) is 4.59. The molecule has 2 aromatic rings. The zero-order valence-corrected chi connectivity index (χ0v) is 17.3. The van der Waals surface area contributed by atoms with Crippen molar-refractivity contribution in [3.05, 3.63) is 54.6 Å². The van der Waals surface area contributed by atoms with Gasteiger partial charge in [-0.3, -0.25) is 9.10 Å². The summed E-state index contributed by atoms with van der Waals surface area (Å²) < 4.78 is 33.0. The molecule has 2 bridgehead atoms. The van der Waals surface area contributed by atoms with E-state index in [0.29, 0.717) is 23.3 Å². The third-order valence-electron chi connectivity index (χ3n) is 6.06. The monoisotopic (exact) mass is 414 g/mol. The number of hydrogen-bond donors (Lipinski definition) is 1. The van der Waals surface area contributed by atoms with E-state index in [1.54, 1.807) is 36.4 Å². The van der Waals surface area contributed by atoms with E-state index >= 15 is 0 Å². The maximum Gasteiger partial charge on any atom is 0.264 e. The zero-order valence-electron chi connectivity index (χ0n) is 16.5. The average Bonchev–Trinajstić information content (AvgIpc) is 3.36. The molecule has 2 saturated carbocycles. The van der Waals surface area contributed by atoms with E-state index in [1.807, 2.05) is 6.07 Å². The number of sulfonamides is 1. The van der Waals surface area contributed by atoms with Gasteiger partial charge in [-0.2, -0.15) is 0 Å². The predicted molar refractivity (Wildman–Crippen MR) is 111 cm³/mol. The van der Waals surface area contributed by atoms with Gasteiger partial charge in [-0.1, -0.05) is 24.6 Å². The Morgan fingerprint density at radius 2 is 1.79 bits per heavy atom. The van der Waals surface area contributed by atoms with Crippen molar-refractivity contribution in [2.45, 2.75) is 36.6 Å². The molecule has 2 aliphatic rings. The number of carbonyl (C=O) groups is 1. The summed E-state index contributed by atoms with van der Waals surface area (Å²) in [6, 6.07) is 15.1. The second-order valence-corrected chi connectivity index (χ2v) is 9.73. The average molecular weight is 415 g/mol. The van der Waals surface area contributed by atoms with Crippen LogP contribution in [0, 0.1) is 11.8 Å². The Bertz CT molecular complexity index is 960. The fraction of sp³-hybridized carbons (Fsp3) is 0.409. The van der Waals surface area contributed by atoms with Gasteiger partial charge in [-0.25, -0.2) is 8.42 Å². The molecule has 0 aliphatic heterocycles. The van der Waals surface area contributed by atoms with Crippen LogP contribution in [0.4, 0.5) is 5.69 Å². The molecular formula is C22H26N2O4S. The van der Waals surface area contributed by atoms with Crippen LogP contribution < -0.4 is 14.4 Å². The SMILES string of the molecule is COc1ccc(S(=O)(=O)N(CC(=O)NC2CC3CCC2C3)c2ccccc2)cc1. The van der Waals surface area contributed by atoms with Crippen molar-refractivity contribution in [1.82, 2.24) is 5.32 Å². The van der Waals surface area contributed by atoms with E-state index in [9.17, 15) is 13.2 Å². The van der Waals surface area contributed by atoms with E-state index in [1.165, 1.54) is 36.4 Å². The van der Waals surface area contributed by atoms with Crippen LogP contribution >= 0.6 is 0 Å². The number of hydrogen-bond acceptors (Lipinski definition) is 4. The molecule has 1 amide bonds. The molecule has 3 atom stereocenters. The molecule has 7 heteroatoms. The van der Waals surface area contributed by atoms with Gasteiger partial charge in [0.15, 0.2) is 0 Å². The van der Waals surface area contributed by atoms with Crippen LogP contribution in [0.3, 0.4) is 0 Å². The minimum atomic E-state index is -3.90. The fourth-order valence-electron chi connectivity index (χ4n) is 4.59. The highest BCUT2D eigenvalue weighted by atomic mass is 32.2. The lowest BCUT2D eigenvalue weighted by molar-refractivity contribution is -0.120. The van der Waals surface area contributed by atoms with E-state index in [4.69, 9.17) is 4.74 Å². The first kappa shape index (κ1) is 19.8. The van der Waals surface area contributed by atoms with Crippen molar-refractivity contribution in [3.8, 4) is 5.75 Å². The molecule has 1 N–H and O–H groups in total. The number of anilines is 1. The molecule has 0 spiro atoms. The Labute approximate surface area is 171 Å². The van der Waals surface area contributed by atoms with Crippen molar-refractivity contribution >= 4 is 21.6 Å². The molecule has 0 saturated heterocycles. The number of nitrogens with zero attached hydrogens (tertiary/aromatic N) is 1. The lowest BCUT2D eigenvalue weighted by atomic mass is 9.95. The second-order valence-electron chi connectivity index (χ2n) is 7.87. The Balaban J connectivity index is 1.57. The molecular weight excluding hydrogens is 388 g/mol. The first-order chi connectivity index (χ1) is 14.0. The molecule has 0 heterocycles. The number of nitrogens with one attached hydrogen (secondary N) is 1. The molecule has 0 radical (unpaired) electrons. The van der Waals surface area contributed by atoms with E-state index in [2.05, 4.69) is 5.32 Å². The Kier molecular flexibility index (Phi) is 5.50. The zero-order chi connectivity index (χ0) is 20.4. The summed E-state index contributed by atoms with van der Waals surface area (Å²) >= 11 is 0. The van der Waals surface area contributed by atoms with Gasteiger partial charge < -0.3 is 10.1 Å². The quantitative estimate of drug-likeness (QED) is 0.755. The van der Waals surface area contributed by atoms with Gasteiger partial charge in [0.2, 0.25) is 5.91 Å². The van der Waals surface area contributed by atoms with E-state index < -0.39 is 10.0 Å². The Morgan fingerprint density at radius 1 is 1.07 bits per heavy atom. The van der Waals surface area contributed by atoms with Crippen molar-refractivity contribution in [2.24, 2.45) is 11.8 Å². The summed E-state index contributed by atoms with van der Waals surface area (Å²) in [5.74, 6) is 1.55. The van der Waals surface area contributed by atoms with Gasteiger partial charge in [0, 0.05) is 6.04 Å². The number of fused-ring (bicyclic) bond motifs is 2. The number of ether oxygens (including phenoxy) is 1. The summed E-state index contributed by atoms with van der Waals surface area (Å²) in [5.41, 5.74) is 0.464. The largest absolute Gasteiger partial charge is 0.497 e. The smallest absolute Gasteiger partial charge is 0.264 e. The Morgan fingerprint density at radius 3 is 2.38 bits per heavy atom. The molecule has 29 heavy (non-hydrogen) atoms. The first-order valence-electron chi connectivity index (χ1n) is 9.98. The standard InChI is InChI=1S/C22H26N2O4S/c1-28-19-9-11-20(12-10-19)29(26,27)24(18-5-3-2-4-6-18)15-22(25)23-21-14-16-7-8-17(21)13-16/h2-6,9-12,16-17,21H,7-8,13-15H2,1H3,(H,23,25). The van der Waals surface area contributed by atoms with Crippen LogP contribution in [0.1, 0.15) is 25.7 Å². The topological polar surface area (TPSA) is 75.7 Å². The van der Waals surface area contributed by atoms with Crippen LogP contribution in [0.2, 0.25) is 0 Å². The number of methoxy groups -OCH3 is 1.